The zero-order valence-electron chi connectivity index (χ0n) is 12.1. The SMILES string of the molecule is CCC(C)(C)NC(=O)COc1ccc(F)cc1S(N)(=O)=O. The van der Waals surface area contributed by atoms with Crippen molar-refractivity contribution in [1.29, 1.82) is 0 Å². The Morgan fingerprint density at radius 1 is 1.43 bits per heavy atom. The largest absolute Gasteiger partial charge is 0.482 e. The number of hydrogen-bond donors (Lipinski definition) is 2. The summed E-state index contributed by atoms with van der Waals surface area (Å²) in [7, 11) is -4.14. The summed E-state index contributed by atoms with van der Waals surface area (Å²) in [5, 5.41) is 7.71. The molecule has 118 valence electrons. The number of halogens is 1. The van der Waals surface area contributed by atoms with Crippen molar-refractivity contribution in [1.82, 2.24) is 5.32 Å². The molecule has 0 aliphatic rings. The standard InChI is InChI=1S/C13H19FN2O4S/c1-4-13(2,3)16-12(17)8-20-10-6-5-9(14)7-11(10)21(15,18)19/h5-7H,4,8H2,1-3H3,(H,16,17)(H2,15,18,19). The highest BCUT2D eigenvalue weighted by atomic mass is 32.2. The molecular weight excluding hydrogens is 299 g/mol. The van der Waals surface area contributed by atoms with Gasteiger partial charge in [0.2, 0.25) is 10.0 Å². The van der Waals surface area contributed by atoms with Gasteiger partial charge in [-0.05, 0) is 38.5 Å². The van der Waals surface area contributed by atoms with E-state index in [2.05, 4.69) is 5.32 Å². The van der Waals surface area contributed by atoms with Gasteiger partial charge in [0.1, 0.15) is 16.5 Å². The lowest BCUT2D eigenvalue weighted by atomic mass is 10.0. The van der Waals surface area contributed by atoms with Crippen molar-refractivity contribution < 1.29 is 22.3 Å². The Balaban J connectivity index is 2.84. The molecule has 1 aromatic carbocycles. The van der Waals surface area contributed by atoms with Crippen LogP contribution in [0.25, 0.3) is 0 Å². The number of primary sulfonamides is 1. The van der Waals surface area contributed by atoms with Crippen LogP contribution in [0, 0.1) is 5.82 Å². The van der Waals surface area contributed by atoms with Gasteiger partial charge in [-0.1, -0.05) is 6.92 Å². The summed E-state index contributed by atoms with van der Waals surface area (Å²) in [6.07, 6.45) is 0.720. The summed E-state index contributed by atoms with van der Waals surface area (Å²) in [6.45, 7) is 5.22. The molecule has 0 unspecified atom stereocenters. The molecule has 1 amide bonds. The Labute approximate surface area is 123 Å². The molecule has 0 heterocycles. The van der Waals surface area contributed by atoms with Gasteiger partial charge in [-0.25, -0.2) is 17.9 Å². The second-order valence-corrected chi connectivity index (χ2v) is 6.74. The van der Waals surface area contributed by atoms with E-state index in [9.17, 15) is 17.6 Å². The zero-order valence-corrected chi connectivity index (χ0v) is 13.0. The van der Waals surface area contributed by atoms with Crippen LogP contribution in [0.3, 0.4) is 0 Å². The Morgan fingerprint density at radius 2 is 2.05 bits per heavy atom. The maximum atomic E-state index is 13.1. The van der Waals surface area contributed by atoms with E-state index in [0.29, 0.717) is 0 Å². The summed E-state index contributed by atoms with van der Waals surface area (Å²) < 4.78 is 40.9. The second-order valence-electron chi connectivity index (χ2n) is 5.21. The fraction of sp³-hybridized carbons (Fsp3) is 0.462. The van der Waals surface area contributed by atoms with E-state index in [1.165, 1.54) is 0 Å². The van der Waals surface area contributed by atoms with Crippen molar-refractivity contribution in [2.24, 2.45) is 5.14 Å². The molecule has 8 heteroatoms. The minimum absolute atomic E-state index is 0.164. The topological polar surface area (TPSA) is 98.5 Å². The predicted octanol–water partition coefficient (Wildman–Crippen LogP) is 1.16. The van der Waals surface area contributed by atoms with Gasteiger partial charge in [0, 0.05) is 5.54 Å². The first-order valence-corrected chi connectivity index (χ1v) is 7.86. The van der Waals surface area contributed by atoms with Crippen molar-refractivity contribution in [3.8, 4) is 5.75 Å². The van der Waals surface area contributed by atoms with E-state index >= 15 is 0 Å². The number of carbonyl (C=O) groups is 1. The first kappa shape index (κ1) is 17.4. The van der Waals surface area contributed by atoms with Crippen LogP contribution in [0.1, 0.15) is 27.2 Å². The van der Waals surface area contributed by atoms with Gasteiger partial charge in [-0.2, -0.15) is 0 Å². The van der Waals surface area contributed by atoms with Gasteiger partial charge in [-0.15, -0.1) is 0 Å². The molecule has 0 spiro atoms. The molecule has 0 radical (unpaired) electrons. The number of ether oxygens (including phenoxy) is 1. The molecule has 0 saturated carbocycles. The third-order valence-corrected chi connectivity index (χ3v) is 3.86. The van der Waals surface area contributed by atoms with Crippen LogP contribution in [0.15, 0.2) is 23.1 Å². The van der Waals surface area contributed by atoms with E-state index in [1.54, 1.807) is 0 Å². The van der Waals surface area contributed by atoms with Gasteiger partial charge in [-0.3, -0.25) is 4.79 Å². The highest BCUT2D eigenvalue weighted by Gasteiger charge is 2.20. The smallest absolute Gasteiger partial charge is 0.258 e. The van der Waals surface area contributed by atoms with E-state index in [-0.39, 0.29) is 5.75 Å². The highest BCUT2D eigenvalue weighted by molar-refractivity contribution is 7.89. The second kappa shape index (κ2) is 6.40. The average Bonchev–Trinajstić information content (AvgIpc) is 2.35. The van der Waals surface area contributed by atoms with Crippen LogP contribution in [0.4, 0.5) is 4.39 Å². The zero-order chi connectivity index (χ0) is 16.3. The highest BCUT2D eigenvalue weighted by Crippen LogP contribution is 2.23. The summed E-state index contributed by atoms with van der Waals surface area (Å²) in [5.41, 5.74) is -0.397. The molecule has 21 heavy (non-hydrogen) atoms. The quantitative estimate of drug-likeness (QED) is 0.822. The normalized spacial score (nSPS) is 12.0. The molecule has 6 nitrogen and oxygen atoms in total. The average molecular weight is 318 g/mol. The first-order valence-electron chi connectivity index (χ1n) is 6.31. The van der Waals surface area contributed by atoms with Gasteiger partial charge in [0.15, 0.2) is 6.61 Å². The Bertz CT molecular complexity index is 629. The lowest BCUT2D eigenvalue weighted by Crippen LogP contribution is -2.45. The summed E-state index contributed by atoms with van der Waals surface area (Å²) in [5.74, 6) is -1.34. The van der Waals surface area contributed by atoms with Crippen molar-refractivity contribution in [3.63, 3.8) is 0 Å². The third-order valence-electron chi connectivity index (χ3n) is 2.93. The molecule has 1 rings (SSSR count). The molecule has 0 atom stereocenters. The number of carbonyl (C=O) groups excluding carboxylic acids is 1. The van der Waals surface area contributed by atoms with Crippen LogP contribution in [-0.4, -0.2) is 26.5 Å². The number of hydrogen-bond acceptors (Lipinski definition) is 4. The Hall–Kier alpha value is -1.67. The predicted molar refractivity (Wildman–Crippen MR) is 75.8 cm³/mol. The third kappa shape index (κ3) is 5.31. The van der Waals surface area contributed by atoms with Crippen molar-refractivity contribution in [3.05, 3.63) is 24.0 Å². The lowest BCUT2D eigenvalue weighted by Gasteiger charge is -2.24. The summed E-state index contributed by atoms with van der Waals surface area (Å²) in [4.78, 5) is 11.2. The van der Waals surface area contributed by atoms with E-state index < -0.39 is 38.8 Å². The van der Waals surface area contributed by atoms with Crippen molar-refractivity contribution in [2.75, 3.05) is 6.61 Å². The van der Waals surface area contributed by atoms with Gasteiger partial charge in [0.05, 0.1) is 0 Å². The van der Waals surface area contributed by atoms with Crippen LogP contribution >= 0.6 is 0 Å². The molecule has 0 aliphatic carbocycles. The molecule has 0 bridgehead atoms. The van der Waals surface area contributed by atoms with Crippen LogP contribution < -0.4 is 15.2 Å². The molecule has 0 saturated heterocycles. The molecule has 1 aromatic rings. The fourth-order valence-electron chi connectivity index (χ4n) is 1.47. The molecule has 0 aromatic heterocycles. The molecule has 0 aliphatic heterocycles. The first-order chi connectivity index (χ1) is 9.55. The van der Waals surface area contributed by atoms with Gasteiger partial charge in [0.25, 0.3) is 5.91 Å². The maximum absolute atomic E-state index is 13.1. The minimum Gasteiger partial charge on any atom is -0.482 e. The maximum Gasteiger partial charge on any atom is 0.258 e. The van der Waals surface area contributed by atoms with E-state index in [0.717, 1.165) is 24.6 Å². The summed E-state index contributed by atoms with van der Waals surface area (Å²) in [6, 6.07) is 2.89. The Kier molecular flexibility index (Phi) is 5.30. The fourth-order valence-corrected chi connectivity index (χ4v) is 2.15. The van der Waals surface area contributed by atoms with Crippen LogP contribution in [0.5, 0.6) is 5.75 Å². The van der Waals surface area contributed by atoms with Gasteiger partial charge >= 0.3 is 0 Å². The van der Waals surface area contributed by atoms with Crippen molar-refractivity contribution in [2.45, 2.75) is 37.6 Å². The number of rotatable bonds is 6. The number of sulfonamides is 1. The molecule has 3 N–H and O–H groups in total. The molecule has 0 fully saturated rings. The van der Waals surface area contributed by atoms with Gasteiger partial charge < -0.3 is 10.1 Å². The minimum atomic E-state index is -4.14. The summed E-state index contributed by atoms with van der Waals surface area (Å²) >= 11 is 0. The van der Waals surface area contributed by atoms with Crippen LogP contribution in [0.2, 0.25) is 0 Å². The number of amides is 1. The Morgan fingerprint density at radius 3 is 2.57 bits per heavy atom. The number of nitrogens with one attached hydrogen (secondary N) is 1. The van der Waals surface area contributed by atoms with E-state index in [1.807, 2.05) is 20.8 Å². The number of benzene rings is 1. The number of nitrogens with two attached hydrogens (primary N) is 1. The van der Waals surface area contributed by atoms with Crippen LogP contribution in [-0.2, 0) is 14.8 Å². The molecular formula is C13H19FN2O4S. The monoisotopic (exact) mass is 318 g/mol. The van der Waals surface area contributed by atoms with Crippen molar-refractivity contribution >= 4 is 15.9 Å². The lowest BCUT2D eigenvalue weighted by molar-refractivity contribution is -0.124. The van der Waals surface area contributed by atoms with E-state index in [4.69, 9.17) is 9.88 Å².